The molecule has 4 aromatic rings. The largest absolute Gasteiger partial charge is 0.366 e. The second-order valence-corrected chi connectivity index (χ2v) is 10.4. The monoisotopic (exact) mass is 469 g/mol. The predicted molar refractivity (Wildman–Crippen MR) is 141 cm³/mol. The molecule has 180 valence electrons. The van der Waals surface area contributed by atoms with E-state index >= 15 is 0 Å². The summed E-state index contributed by atoms with van der Waals surface area (Å²) in [6, 6.07) is 13.0. The number of aromatic nitrogens is 3. The van der Waals surface area contributed by atoms with Gasteiger partial charge in [0, 0.05) is 53.4 Å². The number of nitrogens with zero attached hydrogens (tertiary/aromatic N) is 4. The maximum Gasteiger partial charge on any atom is 0.162 e. The average molecular weight is 470 g/mol. The van der Waals surface area contributed by atoms with Crippen molar-refractivity contribution in [3.63, 3.8) is 0 Å². The molecule has 35 heavy (non-hydrogen) atoms. The van der Waals surface area contributed by atoms with E-state index in [2.05, 4.69) is 72.8 Å². The molecule has 0 unspecified atom stereocenters. The molecule has 1 N–H and O–H groups in total. The number of benzene rings is 2. The Balaban J connectivity index is 1.45. The Hall–Kier alpha value is -3.41. The van der Waals surface area contributed by atoms with Crippen molar-refractivity contribution in [1.29, 1.82) is 0 Å². The van der Waals surface area contributed by atoms with Crippen LogP contribution in [0, 0.1) is 13.8 Å². The number of nitrogens with one attached hydrogen (secondary N) is 1. The van der Waals surface area contributed by atoms with Gasteiger partial charge >= 0.3 is 0 Å². The first-order chi connectivity index (χ1) is 16.9. The number of hydrogen-bond acceptors (Lipinski definition) is 4. The number of hydrogen-bond donors (Lipinski definition) is 1. The maximum atomic E-state index is 13.9. The van der Waals surface area contributed by atoms with Crippen molar-refractivity contribution in [2.45, 2.75) is 52.8 Å². The van der Waals surface area contributed by atoms with Crippen molar-refractivity contribution in [3.05, 3.63) is 70.5 Å². The Bertz CT molecular complexity index is 1420. The number of aromatic amines is 1. The standard InChI is InChI=1S/C29H32FN5/c1-17(2)20-9-8-18(3)26(12-20)34-11-10-24-23(16-34)29(35-14-21(30)15-35)33-28(32-24)22-6-5-7-25-27(22)19(4)13-31-25/h5-9,12-13,17,21,31H,10-11,14-16H2,1-4H3. The lowest BCUT2D eigenvalue weighted by Gasteiger charge is -2.39. The van der Waals surface area contributed by atoms with Gasteiger partial charge in [-0.05, 0) is 48.6 Å². The molecule has 0 spiro atoms. The molecule has 6 heteroatoms. The number of anilines is 2. The minimum absolute atomic E-state index is 0.401. The van der Waals surface area contributed by atoms with Crippen LogP contribution in [0.15, 0.2) is 42.6 Å². The van der Waals surface area contributed by atoms with Crippen LogP contribution in [0.5, 0.6) is 0 Å². The average Bonchev–Trinajstić information content (AvgIpc) is 3.22. The second kappa shape index (κ2) is 8.36. The van der Waals surface area contributed by atoms with Crippen LogP contribution in [0.25, 0.3) is 22.3 Å². The van der Waals surface area contributed by atoms with Crippen LogP contribution in [-0.4, -0.2) is 40.8 Å². The smallest absolute Gasteiger partial charge is 0.162 e. The van der Waals surface area contributed by atoms with Crippen molar-refractivity contribution in [1.82, 2.24) is 15.0 Å². The normalized spacial score (nSPS) is 16.2. The fraction of sp³-hybridized carbons (Fsp3) is 0.379. The molecule has 0 amide bonds. The van der Waals surface area contributed by atoms with E-state index in [0.29, 0.717) is 19.0 Å². The van der Waals surface area contributed by atoms with Gasteiger partial charge in [-0.3, -0.25) is 0 Å². The SMILES string of the molecule is Cc1ccc(C(C)C)cc1N1CCc2nc(-c3cccc4[nH]cc(C)c34)nc(N3CC(F)C3)c2C1. The lowest BCUT2D eigenvalue weighted by Crippen LogP contribution is -2.50. The van der Waals surface area contributed by atoms with E-state index in [9.17, 15) is 4.39 Å². The number of halogens is 1. The molecule has 6 rings (SSSR count). The minimum atomic E-state index is -0.788. The van der Waals surface area contributed by atoms with Crippen LogP contribution in [0.4, 0.5) is 15.9 Å². The Morgan fingerprint density at radius 3 is 2.63 bits per heavy atom. The summed E-state index contributed by atoms with van der Waals surface area (Å²) in [4.78, 5) is 18.1. The Morgan fingerprint density at radius 2 is 1.86 bits per heavy atom. The van der Waals surface area contributed by atoms with E-state index in [4.69, 9.17) is 9.97 Å². The van der Waals surface area contributed by atoms with Gasteiger partial charge in [0.2, 0.25) is 0 Å². The summed E-state index contributed by atoms with van der Waals surface area (Å²) < 4.78 is 13.9. The van der Waals surface area contributed by atoms with Crippen LogP contribution in [0.1, 0.15) is 47.7 Å². The Labute approximate surface area is 206 Å². The number of rotatable bonds is 4. The quantitative estimate of drug-likeness (QED) is 0.393. The molecule has 2 aromatic heterocycles. The van der Waals surface area contributed by atoms with E-state index in [1.165, 1.54) is 22.4 Å². The Morgan fingerprint density at radius 1 is 1.03 bits per heavy atom. The topological polar surface area (TPSA) is 48.1 Å². The van der Waals surface area contributed by atoms with Crippen molar-refractivity contribution in [2.24, 2.45) is 0 Å². The third-order valence-corrected chi connectivity index (χ3v) is 7.56. The third kappa shape index (κ3) is 3.76. The zero-order valence-electron chi connectivity index (χ0n) is 20.9. The molecule has 2 aromatic carbocycles. The van der Waals surface area contributed by atoms with E-state index in [1.54, 1.807) is 0 Å². The molecule has 1 saturated heterocycles. The van der Waals surface area contributed by atoms with Gasteiger partial charge in [-0.15, -0.1) is 0 Å². The lowest BCUT2D eigenvalue weighted by molar-refractivity contribution is 0.273. The summed E-state index contributed by atoms with van der Waals surface area (Å²) in [5, 5.41) is 1.16. The molecule has 0 radical (unpaired) electrons. The number of alkyl halides is 1. The fourth-order valence-corrected chi connectivity index (χ4v) is 5.45. The van der Waals surface area contributed by atoms with E-state index in [1.807, 2.05) is 12.3 Å². The summed E-state index contributed by atoms with van der Waals surface area (Å²) in [5.41, 5.74) is 9.42. The molecule has 0 saturated carbocycles. The van der Waals surface area contributed by atoms with Crippen LogP contribution in [-0.2, 0) is 13.0 Å². The Kier molecular flexibility index (Phi) is 5.28. The molecule has 5 nitrogen and oxygen atoms in total. The summed E-state index contributed by atoms with van der Waals surface area (Å²) in [7, 11) is 0. The van der Waals surface area contributed by atoms with Gasteiger partial charge in [-0.25, -0.2) is 14.4 Å². The summed E-state index contributed by atoms with van der Waals surface area (Å²) >= 11 is 0. The van der Waals surface area contributed by atoms with Crippen LogP contribution in [0.2, 0.25) is 0 Å². The third-order valence-electron chi connectivity index (χ3n) is 7.56. The number of aryl methyl sites for hydroxylation is 2. The van der Waals surface area contributed by atoms with Gasteiger partial charge < -0.3 is 14.8 Å². The molecule has 4 heterocycles. The minimum Gasteiger partial charge on any atom is -0.366 e. The van der Waals surface area contributed by atoms with Gasteiger partial charge in [-0.1, -0.05) is 38.1 Å². The molecular weight excluding hydrogens is 437 g/mol. The number of H-pyrrole nitrogens is 1. The zero-order valence-corrected chi connectivity index (χ0v) is 20.9. The van der Waals surface area contributed by atoms with Crippen molar-refractivity contribution in [3.8, 4) is 11.4 Å². The molecule has 0 bridgehead atoms. The van der Waals surface area contributed by atoms with Crippen LogP contribution in [0.3, 0.4) is 0 Å². The van der Waals surface area contributed by atoms with Gasteiger partial charge in [-0.2, -0.15) is 0 Å². The lowest BCUT2D eigenvalue weighted by atomic mass is 9.97. The van der Waals surface area contributed by atoms with Gasteiger partial charge in [0.25, 0.3) is 0 Å². The zero-order chi connectivity index (χ0) is 24.3. The highest BCUT2D eigenvalue weighted by Crippen LogP contribution is 2.37. The van der Waals surface area contributed by atoms with Gasteiger partial charge in [0.1, 0.15) is 12.0 Å². The molecule has 2 aliphatic heterocycles. The second-order valence-electron chi connectivity index (χ2n) is 10.4. The van der Waals surface area contributed by atoms with E-state index in [0.717, 1.165) is 58.9 Å². The molecule has 1 fully saturated rings. The molecule has 0 aliphatic carbocycles. The first kappa shape index (κ1) is 22.1. The molecule has 2 aliphatic rings. The van der Waals surface area contributed by atoms with Gasteiger partial charge in [0.05, 0.1) is 18.8 Å². The molecule has 0 atom stereocenters. The highest BCUT2D eigenvalue weighted by atomic mass is 19.1. The van der Waals surface area contributed by atoms with Crippen LogP contribution >= 0.6 is 0 Å². The van der Waals surface area contributed by atoms with E-state index < -0.39 is 6.17 Å². The van der Waals surface area contributed by atoms with E-state index in [-0.39, 0.29) is 0 Å². The highest BCUT2D eigenvalue weighted by Gasteiger charge is 2.33. The predicted octanol–water partition coefficient (Wildman–Crippen LogP) is 6.09. The van der Waals surface area contributed by atoms with Gasteiger partial charge in [0.15, 0.2) is 5.82 Å². The van der Waals surface area contributed by atoms with Crippen molar-refractivity contribution in [2.75, 3.05) is 29.4 Å². The van der Waals surface area contributed by atoms with Crippen LogP contribution < -0.4 is 9.80 Å². The highest BCUT2D eigenvalue weighted by molar-refractivity contribution is 5.96. The van der Waals surface area contributed by atoms with Crippen molar-refractivity contribution >= 4 is 22.4 Å². The first-order valence-electron chi connectivity index (χ1n) is 12.6. The summed E-state index contributed by atoms with van der Waals surface area (Å²) in [6.45, 7) is 11.2. The van der Waals surface area contributed by atoms with Crippen molar-refractivity contribution < 1.29 is 4.39 Å². The summed E-state index contributed by atoms with van der Waals surface area (Å²) in [5.74, 6) is 2.11. The molecular formula is C29H32FN5. The fourth-order valence-electron chi connectivity index (χ4n) is 5.45. The first-order valence-corrected chi connectivity index (χ1v) is 12.6. The number of fused-ring (bicyclic) bond motifs is 2. The summed E-state index contributed by atoms with van der Waals surface area (Å²) in [6.07, 6.45) is 2.09. The maximum absolute atomic E-state index is 13.9.